The molecule has 17 heavy (non-hydrogen) atoms. The van der Waals surface area contributed by atoms with E-state index in [0.717, 1.165) is 5.56 Å². The molecule has 1 amide bonds. The number of rotatable bonds is 6. The molecule has 0 spiro atoms. The van der Waals surface area contributed by atoms with Gasteiger partial charge < -0.3 is 5.32 Å². The Bertz CT molecular complexity index is 387. The zero-order chi connectivity index (χ0) is 12.7. The van der Waals surface area contributed by atoms with Crippen molar-refractivity contribution in [3.63, 3.8) is 0 Å². The van der Waals surface area contributed by atoms with Crippen LogP contribution in [-0.4, -0.2) is 17.6 Å². The Kier molecular flexibility index (Phi) is 5.70. The van der Waals surface area contributed by atoms with Crippen molar-refractivity contribution in [3.05, 3.63) is 35.4 Å². The zero-order valence-corrected chi connectivity index (χ0v) is 10.6. The highest BCUT2D eigenvalue weighted by molar-refractivity contribution is 6.18. The van der Waals surface area contributed by atoms with Crippen LogP contribution in [0.3, 0.4) is 0 Å². The van der Waals surface area contributed by atoms with Crippen LogP contribution in [0.25, 0.3) is 0 Å². The van der Waals surface area contributed by atoms with Gasteiger partial charge in [0.15, 0.2) is 5.78 Å². The average molecular weight is 254 g/mol. The van der Waals surface area contributed by atoms with Crippen LogP contribution < -0.4 is 5.32 Å². The van der Waals surface area contributed by atoms with Crippen molar-refractivity contribution in [3.8, 4) is 0 Å². The predicted octanol–water partition coefficient (Wildman–Crippen LogP) is 2.52. The van der Waals surface area contributed by atoms with Gasteiger partial charge in [0, 0.05) is 31.3 Å². The average Bonchev–Trinajstić information content (AvgIpc) is 2.34. The minimum absolute atomic E-state index is 0.0627. The second kappa shape index (κ2) is 7.07. The summed E-state index contributed by atoms with van der Waals surface area (Å²) in [5.74, 6) is 0.552. The molecule has 0 heterocycles. The molecule has 3 nitrogen and oxygen atoms in total. The minimum Gasteiger partial charge on any atom is -0.352 e. The largest absolute Gasteiger partial charge is 0.352 e. The van der Waals surface area contributed by atoms with Crippen molar-refractivity contribution in [2.45, 2.75) is 26.3 Å². The number of carbonyl (C=O) groups is 2. The normalized spacial score (nSPS) is 10.0. The topological polar surface area (TPSA) is 46.2 Å². The Hall–Kier alpha value is -1.35. The van der Waals surface area contributed by atoms with E-state index in [1.54, 1.807) is 12.1 Å². The first kappa shape index (κ1) is 13.7. The SMILES string of the molecule is CC(=O)NCc1ccc(C(=O)CCCCl)cc1. The van der Waals surface area contributed by atoms with Gasteiger partial charge in [-0.3, -0.25) is 9.59 Å². The van der Waals surface area contributed by atoms with Crippen molar-refractivity contribution >= 4 is 23.3 Å². The third-order valence-electron chi connectivity index (χ3n) is 2.35. The van der Waals surface area contributed by atoms with Crippen LogP contribution in [0, 0.1) is 0 Å². The predicted molar refractivity (Wildman–Crippen MR) is 68.2 cm³/mol. The Morgan fingerprint density at radius 3 is 2.41 bits per heavy atom. The van der Waals surface area contributed by atoms with Gasteiger partial charge in [-0.05, 0) is 12.0 Å². The fraction of sp³-hybridized carbons (Fsp3) is 0.385. The lowest BCUT2D eigenvalue weighted by Gasteiger charge is -2.04. The Morgan fingerprint density at radius 1 is 1.24 bits per heavy atom. The standard InChI is InChI=1S/C13H16ClNO2/c1-10(16)15-9-11-4-6-12(7-5-11)13(17)3-2-8-14/h4-7H,2-3,8-9H2,1H3,(H,15,16). The Morgan fingerprint density at radius 2 is 1.88 bits per heavy atom. The molecule has 1 aromatic carbocycles. The quantitative estimate of drug-likeness (QED) is 0.626. The molecular formula is C13H16ClNO2. The minimum atomic E-state index is -0.0627. The maximum absolute atomic E-state index is 11.7. The summed E-state index contributed by atoms with van der Waals surface area (Å²) in [6, 6.07) is 7.27. The molecule has 0 saturated carbocycles. The molecule has 0 bridgehead atoms. The van der Waals surface area contributed by atoms with Crippen LogP contribution in [0.15, 0.2) is 24.3 Å². The van der Waals surface area contributed by atoms with E-state index in [1.165, 1.54) is 6.92 Å². The summed E-state index contributed by atoms with van der Waals surface area (Å²) in [6.45, 7) is 1.97. The monoisotopic (exact) mass is 253 g/mol. The smallest absolute Gasteiger partial charge is 0.217 e. The van der Waals surface area contributed by atoms with Crippen molar-refractivity contribution in [2.24, 2.45) is 0 Å². The van der Waals surface area contributed by atoms with Gasteiger partial charge in [-0.2, -0.15) is 0 Å². The summed E-state index contributed by atoms with van der Waals surface area (Å²) in [5, 5.41) is 2.70. The summed E-state index contributed by atoms with van der Waals surface area (Å²) in [4.78, 5) is 22.4. The fourth-order valence-electron chi connectivity index (χ4n) is 1.41. The van der Waals surface area contributed by atoms with Crippen LogP contribution in [0.5, 0.6) is 0 Å². The molecule has 0 unspecified atom stereocenters. The highest BCUT2D eigenvalue weighted by Gasteiger charge is 2.05. The molecule has 0 aliphatic heterocycles. The van der Waals surface area contributed by atoms with Crippen LogP contribution in [0.2, 0.25) is 0 Å². The first-order chi connectivity index (χ1) is 8.13. The highest BCUT2D eigenvalue weighted by atomic mass is 35.5. The van der Waals surface area contributed by atoms with E-state index in [0.29, 0.717) is 30.8 Å². The second-order valence-corrected chi connectivity index (χ2v) is 4.20. The summed E-state index contributed by atoms with van der Waals surface area (Å²) in [7, 11) is 0. The summed E-state index contributed by atoms with van der Waals surface area (Å²) >= 11 is 5.54. The van der Waals surface area contributed by atoms with E-state index in [4.69, 9.17) is 11.6 Å². The molecular weight excluding hydrogens is 238 g/mol. The molecule has 0 aliphatic carbocycles. The zero-order valence-electron chi connectivity index (χ0n) is 9.83. The number of amides is 1. The number of hydrogen-bond acceptors (Lipinski definition) is 2. The molecule has 0 radical (unpaired) electrons. The van der Waals surface area contributed by atoms with Crippen LogP contribution in [0.4, 0.5) is 0 Å². The molecule has 0 fully saturated rings. The van der Waals surface area contributed by atoms with Gasteiger partial charge in [0.2, 0.25) is 5.91 Å². The number of Topliss-reactive ketones (excluding diaryl/α,β-unsaturated/α-hetero) is 1. The van der Waals surface area contributed by atoms with E-state index >= 15 is 0 Å². The number of halogens is 1. The third kappa shape index (κ3) is 5.00. The molecule has 0 saturated heterocycles. The van der Waals surface area contributed by atoms with Gasteiger partial charge in [-0.25, -0.2) is 0 Å². The molecule has 1 aromatic rings. The van der Waals surface area contributed by atoms with Crippen molar-refractivity contribution < 1.29 is 9.59 Å². The number of alkyl halides is 1. The van der Waals surface area contributed by atoms with Crippen LogP contribution >= 0.6 is 11.6 Å². The lowest BCUT2D eigenvalue weighted by molar-refractivity contribution is -0.119. The van der Waals surface area contributed by atoms with Gasteiger partial charge in [0.05, 0.1) is 0 Å². The van der Waals surface area contributed by atoms with Gasteiger partial charge in [-0.15, -0.1) is 11.6 Å². The molecule has 1 rings (SSSR count). The molecule has 0 aromatic heterocycles. The number of carbonyl (C=O) groups excluding carboxylic acids is 2. The number of benzene rings is 1. The second-order valence-electron chi connectivity index (χ2n) is 3.82. The molecule has 0 aliphatic rings. The maximum atomic E-state index is 11.7. The Balaban J connectivity index is 2.55. The van der Waals surface area contributed by atoms with E-state index in [-0.39, 0.29) is 11.7 Å². The summed E-state index contributed by atoms with van der Waals surface area (Å²) in [6.07, 6.45) is 1.18. The van der Waals surface area contributed by atoms with Crippen molar-refractivity contribution in [1.29, 1.82) is 0 Å². The van der Waals surface area contributed by atoms with Gasteiger partial charge in [-0.1, -0.05) is 24.3 Å². The maximum Gasteiger partial charge on any atom is 0.217 e. The van der Waals surface area contributed by atoms with Crippen LogP contribution in [0.1, 0.15) is 35.7 Å². The van der Waals surface area contributed by atoms with Crippen LogP contribution in [-0.2, 0) is 11.3 Å². The van der Waals surface area contributed by atoms with Crippen molar-refractivity contribution in [1.82, 2.24) is 5.32 Å². The number of ketones is 1. The number of nitrogens with one attached hydrogen (secondary N) is 1. The highest BCUT2D eigenvalue weighted by Crippen LogP contribution is 2.08. The molecule has 4 heteroatoms. The van der Waals surface area contributed by atoms with Gasteiger partial charge in [0.25, 0.3) is 0 Å². The van der Waals surface area contributed by atoms with E-state index < -0.39 is 0 Å². The summed E-state index contributed by atoms with van der Waals surface area (Å²) < 4.78 is 0. The molecule has 0 atom stereocenters. The third-order valence-corrected chi connectivity index (χ3v) is 2.62. The lowest BCUT2D eigenvalue weighted by Crippen LogP contribution is -2.18. The van der Waals surface area contributed by atoms with Crippen molar-refractivity contribution in [2.75, 3.05) is 5.88 Å². The first-order valence-corrected chi connectivity index (χ1v) is 6.09. The first-order valence-electron chi connectivity index (χ1n) is 5.56. The molecule has 92 valence electrons. The molecule has 1 N–H and O–H groups in total. The Labute approximate surface area is 106 Å². The van der Waals surface area contributed by atoms with E-state index in [1.807, 2.05) is 12.1 Å². The fourth-order valence-corrected chi connectivity index (χ4v) is 1.54. The van der Waals surface area contributed by atoms with E-state index in [2.05, 4.69) is 5.32 Å². The summed E-state index contributed by atoms with van der Waals surface area (Å²) in [5.41, 5.74) is 1.68. The van der Waals surface area contributed by atoms with E-state index in [9.17, 15) is 9.59 Å². The van der Waals surface area contributed by atoms with Gasteiger partial charge in [0.1, 0.15) is 0 Å². The lowest BCUT2D eigenvalue weighted by atomic mass is 10.1. The number of hydrogen-bond donors (Lipinski definition) is 1. The van der Waals surface area contributed by atoms with Gasteiger partial charge >= 0.3 is 0 Å².